The maximum atomic E-state index is 13.1. The summed E-state index contributed by atoms with van der Waals surface area (Å²) in [5.74, 6) is -0.786. The summed E-state index contributed by atoms with van der Waals surface area (Å²) >= 11 is 0. The molecule has 0 spiro atoms. The van der Waals surface area contributed by atoms with E-state index in [0.29, 0.717) is 17.7 Å². The van der Waals surface area contributed by atoms with Gasteiger partial charge in [-0.05, 0) is 53.1 Å². The molecule has 3 aromatic rings. The molecule has 1 fully saturated rings. The minimum Gasteiger partial charge on any atom is -0.507 e. The monoisotopic (exact) mass is 413 g/mol. The van der Waals surface area contributed by atoms with Crippen LogP contribution in [0, 0.1) is 0 Å². The molecular formula is C24H19N3O4. The first-order valence-corrected chi connectivity index (χ1v) is 9.97. The number of carbonyl (C=O) groups is 2. The van der Waals surface area contributed by atoms with E-state index in [0.717, 1.165) is 23.3 Å². The van der Waals surface area contributed by atoms with Crippen molar-refractivity contribution in [2.45, 2.75) is 19.0 Å². The molecule has 4 heterocycles. The van der Waals surface area contributed by atoms with E-state index in [-0.39, 0.29) is 17.9 Å². The van der Waals surface area contributed by atoms with Crippen LogP contribution in [0.5, 0.6) is 5.75 Å². The van der Waals surface area contributed by atoms with Crippen molar-refractivity contribution in [3.8, 4) is 5.75 Å². The van der Waals surface area contributed by atoms with Crippen molar-refractivity contribution < 1.29 is 19.4 Å². The van der Waals surface area contributed by atoms with Crippen molar-refractivity contribution in [1.29, 1.82) is 0 Å². The van der Waals surface area contributed by atoms with Gasteiger partial charge in [0.2, 0.25) is 0 Å². The number of pyridine rings is 2. The van der Waals surface area contributed by atoms with E-state index in [1.807, 2.05) is 6.07 Å². The van der Waals surface area contributed by atoms with Crippen LogP contribution < -0.4 is 4.74 Å². The average molecular weight is 413 g/mol. The summed E-state index contributed by atoms with van der Waals surface area (Å²) < 4.78 is 5.53. The second kappa shape index (κ2) is 7.68. The number of carbonyl (C=O) groups excluding carboxylic acids is 2. The second-order valence-electron chi connectivity index (χ2n) is 7.49. The molecule has 2 aliphatic heterocycles. The van der Waals surface area contributed by atoms with Gasteiger partial charge >= 0.3 is 0 Å². The summed E-state index contributed by atoms with van der Waals surface area (Å²) in [6.07, 6.45) is 7.24. The van der Waals surface area contributed by atoms with Crippen molar-refractivity contribution in [1.82, 2.24) is 14.9 Å². The van der Waals surface area contributed by atoms with Gasteiger partial charge in [-0.15, -0.1) is 0 Å². The molecule has 154 valence electrons. The summed E-state index contributed by atoms with van der Waals surface area (Å²) in [6.45, 7) is 0.799. The summed E-state index contributed by atoms with van der Waals surface area (Å²) in [7, 11) is 0. The van der Waals surface area contributed by atoms with Gasteiger partial charge < -0.3 is 14.7 Å². The number of fused-ring (bicyclic) bond motifs is 1. The Kier molecular flexibility index (Phi) is 4.71. The largest absolute Gasteiger partial charge is 0.507 e. The molecule has 1 aromatic carbocycles. The lowest BCUT2D eigenvalue weighted by molar-refractivity contribution is -0.140. The number of aromatic nitrogens is 2. The highest BCUT2D eigenvalue weighted by Crippen LogP contribution is 2.40. The van der Waals surface area contributed by atoms with E-state index in [4.69, 9.17) is 4.74 Å². The number of ether oxygens (including phenoxy) is 1. The van der Waals surface area contributed by atoms with Crippen molar-refractivity contribution in [2.24, 2.45) is 0 Å². The zero-order chi connectivity index (χ0) is 21.4. The van der Waals surface area contributed by atoms with E-state index < -0.39 is 17.7 Å². The fraction of sp³-hybridized carbons (Fsp3) is 0.167. The van der Waals surface area contributed by atoms with E-state index in [1.165, 1.54) is 4.90 Å². The second-order valence-corrected chi connectivity index (χ2v) is 7.49. The summed E-state index contributed by atoms with van der Waals surface area (Å²) in [5, 5.41) is 11.2. The predicted octanol–water partition coefficient (Wildman–Crippen LogP) is 3.03. The molecule has 0 saturated carbocycles. The maximum absolute atomic E-state index is 13.1. The number of hydrogen-bond acceptors (Lipinski definition) is 6. The van der Waals surface area contributed by atoms with Crippen molar-refractivity contribution in [3.63, 3.8) is 0 Å². The number of Topliss-reactive ketones (excluding diaryl/α,β-unsaturated/α-hetero) is 1. The van der Waals surface area contributed by atoms with Crippen LogP contribution in [0.3, 0.4) is 0 Å². The van der Waals surface area contributed by atoms with Gasteiger partial charge in [0.1, 0.15) is 11.5 Å². The number of benzene rings is 1. The zero-order valence-corrected chi connectivity index (χ0v) is 16.6. The zero-order valence-electron chi connectivity index (χ0n) is 16.6. The Morgan fingerprint density at radius 2 is 1.94 bits per heavy atom. The van der Waals surface area contributed by atoms with Crippen LogP contribution in [0.25, 0.3) is 5.76 Å². The fourth-order valence-electron chi connectivity index (χ4n) is 4.10. The van der Waals surface area contributed by atoms with Crippen LogP contribution in [0.15, 0.2) is 72.8 Å². The first-order chi connectivity index (χ1) is 15.1. The molecule has 0 bridgehead atoms. The molecule has 1 saturated heterocycles. The van der Waals surface area contributed by atoms with E-state index in [1.54, 1.807) is 61.2 Å². The number of rotatable bonds is 4. The molecule has 1 atom stereocenters. The van der Waals surface area contributed by atoms with Crippen molar-refractivity contribution in [2.75, 3.05) is 6.61 Å². The highest BCUT2D eigenvalue weighted by atomic mass is 16.5. The third kappa shape index (κ3) is 3.34. The van der Waals surface area contributed by atoms with Crippen molar-refractivity contribution in [3.05, 3.63) is 95.1 Å². The molecule has 0 radical (unpaired) electrons. The quantitative estimate of drug-likeness (QED) is 0.402. The van der Waals surface area contributed by atoms with Gasteiger partial charge in [-0.2, -0.15) is 0 Å². The van der Waals surface area contributed by atoms with Crippen LogP contribution in [0.2, 0.25) is 0 Å². The lowest BCUT2D eigenvalue weighted by Crippen LogP contribution is -2.29. The van der Waals surface area contributed by atoms with Crippen LogP contribution in [0.4, 0.5) is 0 Å². The molecule has 1 unspecified atom stereocenters. The van der Waals surface area contributed by atoms with Gasteiger partial charge in [0.05, 0.1) is 18.2 Å². The van der Waals surface area contributed by atoms with Gasteiger partial charge in [-0.1, -0.05) is 6.07 Å². The Bertz CT molecular complexity index is 1190. The highest BCUT2D eigenvalue weighted by Gasteiger charge is 2.46. The van der Waals surface area contributed by atoms with Gasteiger partial charge in [0.15, 0.2) is 0 Å². The van der Waals surface area contributed by atoms with Crippen LogP contribution >= 0.6 is 0 Å². The van der Waals surface area contributed by atoms with Crippen LogP contribution in [-0.4, -0.2) is 38.3 Å². The van der Waals surface area contributed by atoms with Gasteiger partial charge in [-0.25, -0.2) is 0 Å². The maximum Gasteiger partial charge on any atom is 0.295 e. The molecule has 31 heavy (non-hydrogen) atoms. The minimum absolute atomic E-state index is 0.0610. The Hall–Kier alpha value is -4.00. The molecule has 7 nitrogen and oxygen atoms in total. The lowest BCUT2D eigenvalue weighted by Gasteiger charge is -2.25. The van der Waals surface area contributed by atoms with Gasteiger partial charge in [-0.3, -0.25) is 19.6 Å². The number of amides is 1. The van der Waals surface area contributed by atoms with Gasteiger partial charge in [0, 0.05) is 43.3 Å². The van der Waals surface area contributed by atoms with E-state index >= 15 is 0 Å². The number of nitrogens with zero attached hydrogens (tertiary/aromatic N) is 3. The average Bonchev–Trinajstić information content (AvgIpc) is 3.38. The Labute approximate surface area is 178 Å². The first-order valence-electron chi connectivity index (χ1n) is 9.97. The predicted molar refractivity (Wildman–Crippen MR) is 112 cm³/mol. The standard InChI is InChI=1S/C24H19N3O4/c28-22(17-3-4-19-16(12-17)7-11-31-19)20-21(18-2-1-8-26-13-18)27(24(30)23(20)29)14-15-5-9-25-10-6-15/h1-6,8-10,12-13,21,28H,7,11,14H2/b22-20-. The Morgan fingerprint density at radius 3 is 2.71 bits per heavy atom. The van der Waals surface area contributed by atoms with E-state index in [9.17, 15) is 14.7 Å². The van der Waals surface area contributed by atoms with Crippen molar-refractivity contribution >= 4 is 17.4 Å². The fourth-order valence-corrected chi connectivity index (χ4v) is 4.10. The smallest absolute Gasteiger partial charge is 0.295 e. The van der Waals surface area contributed by atoms with Crippen LogP contribution in [0.1, 0.15) is 28.3 Å². The Morgan fingerprint density at radius 1 is 1.10 bits per heavy atom. The molecular weight excluding hydrogens is 394 g/mol. The first kappa shape index (κ1) is 19.0. The van der Waals surface area contributed by atoms with Crippen LogP contribution in [-0.2, 0) is 22.6 Å². The molecule has 2 aliphatic rings. The summed E-state index contributed by atoms with van der Waals surface area (Å²) in [6, 6.07) is 11.7. The normalized spacial score (nSPS) is 19.4. The Balaban J connectivity index is 1.63. The topological polar surface area (TPSA) is 92.6 Å². The SMILES string of the molecule is O=C1C(=O)N(Cc2ccncc2)C(c2cccnc2)/C1=C(/O)c1ccc2c(c1)CCO2. The molecule has 0 aliphatic carbocycles. The number of hydrogen-bond donors (Lipinski definition) is 1. The third-order valence-electron chi connectivity index (χ3n) is 5.61. The van der Waals surface area contributed by atoms with E-state index in [2.05, 4.69) is 9.97 Å². The molecule has 1 amide bonds. The number of aliphatic hydroxyl groups is 1. The number of likely N-dealkylation sites (tertiary alicyclic amines) is 1. The lowest BCUT2D eigenvalue weighted by atomic mass is 9.95. The number of aliphatic hydroxyl groups excluding tert-OH is 1. The minimum atomic E-state index is -0.744. The third-order valence-corrected chi connectivity index (χ3v) is 5.61. The molecule has 5 rings (SSSR count). The van der Waals surface area contributed by atoms with Gasteiger partial charge in [0.25, 0.3) is 11.7 Å². The molecule has 2 aromatic heterocycles. The number of ketones is 1. The summed E-state index contributed by atoms with van der Waals surface area (Å²) in [5.41, 5.74) is 3.00. The molecule has 1 N–H and O–H groups in total. The highest BCUT2D eigenvalue weighted by molar-refractivity contribution is 6.46. The summed E-state index contributed by atoms with van der Waals surface area (Å²) in [4.78, 5) is 35.7. The molecule has 7 heteroatoms.